The van der Waals surface area contributed by atoms with Gasteiger partial charge in [0.1, 0.15) is 0 Å². The number of nitrogens with zero attached hydrogens (tertiary/aromatic N) is 5. The van der Waals surface area contributed by atoms with Gasteiger partial charge >= 0.3 is 0 Å². The predicted octanol–water partition coefficient (Wildman–Crippen LogP) is 1.28. The molecule has 2 aliphatic rings. The molecule has 0 bridgehead atoms. The van der Waals surface area contributed by atoms with Gasteiger partial charge in [-0.1, -0.05) is 5.16 Å². The number of carbonyl (C=O) groups is 1. The summed E-state index contributed by atoms with van der Waals surface area (Å²) in [4.78, 5) is 18.6. The van der Waals surface area contributed by atoms with Crippen molar-refractivity contribution in [3.8, 4) is 0 Å². The molecule has 0 radical (unpaired) electrons. The second-order valence-corrected chi connectivity index (χ2v) is 8.12. The van der Waals surface area contributed by atoms with Crippen LogP contribution in [0.5, 0.6) is 0 Å². The van der Waals surface area contributed by atoms with Crippen LogP contribution in [-0.2, 0) is 10.5 Å². The molecule has 0 spiro atoms. The SMILES string of the molecule is Cc1noc(CSCC(=O)N2C[C@H]3C[C@@H](n4cccn4)[C@H](O)C[C@H]3C2)n1. The standard InChI is InChI=1S/C17H23N5O3S/c1-11-19-16(25-20-11)9-26-10-17(24)21-7-12-5-14(22-4-2-3-18-22)15(23)6-13(12)8-21/h2-4,12-15,23H,5-10H2,1H3/t12-,13+,14-,15-/m1/s1. The Kier molecular flexibility index (Phi) is 4.99. The molecule has 1 N–H and O–H groups in total. The molecular weight excluding hydrogens is 354 g/mol. The summed E-state index contributed by atoms with van der Waals surface area (Å²) in [7, 11) is 0. The first-order valence-electron chi connectivity index (χ1n) is 8.92. The summed E-state index contributed by atoms with van der Waals surface area (Å²) in [5, 5.41) is 18.5. The smallest absolute Gasteiger partial charge is 0.236 e. The Bertz CT molecular complexity index is 749. The molecule has 26 heavy (non-hydrogen) atoms. The van der Waals surface area contributed by atoms with E-state index in [0.29, 0.717) is 35.1 Å². The molecule has 1 saturated carbocycles. The lowest BCUT2D eigenvalue weighted by atomic mass is 9.77. The number of aromatic nitrogens is 4. The fraction of sp³-hybridized carbons (Fsp3) is 0.647. The summed E-state index contributed by atoms with van der Waals surface area (Å²) in [6.45, 7) is 3.29. The topological polar surface area (TPSA) is 97.3 Å². The molecule has 4 atom stereocenters. The van der Waals surface area contributed by atoms with Gasteiger partial charge in [-0.2, -0.15) is 10.1 Å². The zero-order valence-electron chi connectivity index (χ0n) is 14.7. The number of aliphatic hydroxyl groups is 1. The Morgan fingerprint density at radius 2 is 2.19 bits per heavy atom. The van der Waals surface area contributed by atoms with Crippen LogP contribution in [0.15, 0.2) is 23.0 Å². The Morgan fingerprint density at radius 3 is 2.88 bits per heavy atom. The Balaban J connectivity index is 1.29. The zero-order chi connectivity index (χ0) is 18.1. The molecule has 1 saturated heterocycles. The molecule has 1 aliphatic heterocycles. The number of carbonyl (C=O) groups excluding carboxylic acids is 1. The van der Waals surface area contributed by atoms with Crippen molar-refractivity contribution in [2.75, 3.05) is 18.8 Å². The number of amides is 1. The van der Waals surface area contributed by atoms with Gasteiger partial charge in [0.25, 0.3) is 0 Å². The van der Waals surface area contributed by atoms with E-state index >= 15 is 0 Å². The predicted molar refractivity (Wildman–Crippen MR) is 95.3 cm³/mol. The van der Waals surface area contributed by atoms with Crippen molar-refractivity contribution in [3.63, 3.8) is 0 Å². The highest BCUT2D eigenvalue weighted by Gasteiger charge is 2.43. The largest absolute Gasteiger partial charge is 0.391 e. The summed E-state index contributed by atoms with van der Waals surface area (Å²) in [5.41, 5.74) is 0. The summed E-state index contributed by atoms with van der Waals surface area (Å²) in [6, 6.07) is 1.89. The molecule has 1 amide bonds. The van der Waals surface area contributed by atoms with Crippen LogP contribution in [0, 0.1) is 18.8 Å². The van der Waals surface area contributed by atoms with E-state index in [1.165, 1.54) is 11.8 Å². The molecule has 2 fully saturated rings. The molecule has 0 aromatic carbocycles. The average Bonchev–Trinajstić information content (AvgIpc) is 3.34. The molecule has 9 heteroatoms. The highest BCUT2D eigenvalue weighted by Crippen LogP contribution is 2.41. The maximum absolute atomic E-state index is 12.5. The van der Waals surface area contributed by atoms with E-state index in [1.54, 1.807) is 13.1 Å². The number of likely N-dealkylation sites (tertiary alicyclic amines) is 1. The van der Waals surface area contributed by atoms with Gasteiger partial charge in [-0.15, -0.1) is 11.8 Å². The number of fused-ring (bicyclic) bond motifs is 1. The van der Waals surface area contributed by atoms with Crippen LogP contribution in [-0.4, -0.2) is 60.8 Å². The van der Waals surface area contributed by atoms with Gasteiger partial charge in [0.15, 0.2) is 5.82 Å². The van der Waals surface area contributed by atoms with Gasteiger partial charge in [-0.05, 0) is 37.7 Å². The number of hydrogen-bond acceptors (Lipinski definition) is 7. The van der Waals surface area contributed by atoms with Crippen molar-refractivity contribution in [1.29, 1.82) is 0 Å². The maximum atomic E-state index is 12.5. The summed E-state index contributed by atoms with van der Waals surface area (Å²) >= 11 is 1.50. The molecule has 3 heterocycles. The monoisotopic (exact) mass is 377 g/mol. The van der Waals surface area contributed by atoms with Crippen LogP contribution in [0.3, 0.4) is 0 Å². The second-order valence-electron chi connectivity index (χ2n) is 7.14. The van der Waals surface area contributed by atoms with Crippen LogP contribution >= 0.6 is 11.8 Å². The molecule has 140 valence electrons. The number of rotatable bonds is 5. The van der Waals surface area contributed by atoms with E-state index in [1.807, 2.05) is 21.8 Å². The minimum atomic E-state index is -0.402. The normalized spacial score (nSPS) is 28.3. The van der Waals surface area contributed by atoms with E-state index in [0.717, 1.165) is 25.9 Å². The maximum Gasteiger partial charge on any atom is 0.236 e. The van der Waals surface area contributed by atoms with Gasteiger partial charge in [0, 0.05) is 25.5 Å². The Labute approximate surface area is 155 Å². The van der Waals surface area contributed by atoms with Crippen molar-refractivity contribution < 1.29 is 14.4 Å². The average molecular weight is 377 g/mol. The molecule has 8 nitrogen and oxygen atoms in total. The molecule has 2 aromatic rings. The van der Waals surface area contributed by atoms with Crippen LogP contribution in [0.4, 0.5) is 0 Å². The number of aliphatic hydroxyl groups excluding tert-OH is 1. The number of aryl methyl sites for hydroxylation is 1. The molecule has 1 aliphatic carbocycles. The van der Waals surface area contributed by atoms with Crippen LogP contribution in [0.1, 0.15) is 30.6 Å². The third-order valence-corrected chi connectivity index (χ3v) is 6.25. The summed E-state index contributed by atoms with van der Waals surface area (Å²) in [5.74, 6) is 3.08. The lowest BCUT2D eigenvalue weighted by Gasteiger charge is -2.35. The molecule has 0 unspecified atom stereocenters. The van der Waals surface area contributed by atoms with Crippen LogP contribution in [0.2, 0.25) is 0 Å². The van der Waals surface area contributed by atoms with E-state index in [-0.39, 0.29) is 11.9 Å². The molecule has 4 rings (SSSR count). The fourth-order valence-electron chi connectivity index (χ4n) is 4.09. The first kappa shape index (κ1) is 17.5. The minimum Gasteiger partial charge on any atom is -0.391 e. The summed E-state index contributed by atoms with van der Waals surface area (Å²) in [6.07, 6.45) is 4.84. The highest BCUT2D eigenvalue weighted by atomic mass is 32.2. The van der Waals surface area contributed by atoms with Crippen molar-refractivity contribution >= 4 is 17.7 Å². The first-order chi connectivity index (χ1) is 12.6. The van der Waals surface area contributed by atoms with Crippen molar-refractivity contribution in [2.24, 2.45) is 11.8 Å². The van der Waals surface area contributed by atoms with Crippen LogP contribution < -0.4 is 0 Å². The van der Waals surface area contributed by atoms with Gasteiger partial charge in [-0.3, -0.25) is 9.48 Å². The lowest BCUT2D eigenvalue weighted by molar-refractivity contribution is -0.127. The fourth-order valence-corrected chi connectivity index (χ4v) is 4.84. The molecule has 2 aromatic heterocycles. The third-order valence-electron chi connectivity index (χ3n) is 5.35. The van der Waals surface area contributed by atoms with Gasteiger partial charge in [0.2, 0.25) is 11.8 Å². The Morgan fingerprint density at radius 1 is 1.38 bits per heavy atom. The van der Waals surface area contributed by atoms with Crippen molar-refractivity contribution in [2.45, 2.75) is 37.7 Å². The number of thioether (sulfide) groups is 1. The number of hydrogen-bond donors (Lipinski definition) is 1. The van der Waals surface area contributed by atoms with E-state index in [9.17, 15) is 9.90 Å². The quantitative estimate of drug-likeness (QED) is 0.838. The van der Waals surface area contributed by atoms with Gasteiger partial charge < -0.3 is 14.5 Å². The summed E-state index contributed by atoms with van der Waals surface area (Å²) < 4.78 is 6.92. The van der Waals surface area contributed by atoms with Gasteiger partial charge in [0.05, 0.1) is 23.7 Å². The zero-order valence-corrected chi connectivity index (χ0v) is 15.5. The highest BCUT2D eigenvalue weighted by molar-refractivity contribution is 7.99. The third kappa shape index (κ3) is 3.64. The second kappa shape index (κ2) is 7.40. The lowest BCUT2D eigenvalue weighted by Crippen LogP contribution is -2.36. The van der Waals surface area contributed by atoms with E-state index < -0.39 is 6.10 Å². The Hall–Kier alpha value is -1.87. The minimum absolute atomic E-state index is 0.0106. The van der Waals surface area contributed by atoms with E-state index in [2.05, 4.69) is 15.2 Å². The van der Waals surface area contributed by atoms with Crippen molar-refractivity contribution in [1.82, 2.24) is 24.8 Å². The van der Waals surface area contributed by atoms with Gasteiger partial charge in [-0.25, -0.2) is 0 Å². The molecular formula is C17H23N5O3S. The van der Waals surface area contributed by atoms with Crippen LogP contribution in [0.25, 0.3) is 0 Å². The van der Waals surface area contributed by atoms with Crippen molar-refractivity contribution in [3.05, 3.63) is 30.2 Å². The van der Waals surface area contributed by atoms with E-state index in [4.69, 9.17) is 4.52 Å². The first-order valence-corrected chi connectivity index (χ1v) is 10.1.